The van der Waals surface area contributed by atoms with Crippen LogP contribution in [0.1, 0.15) is 31.9 Å². The molecule has 5 nitrogen and oxygen atoms in total. The first kappa shape index (κ1) is 25.2. The number of hydrogen-bond donors (Lipinski definition) is 2. The van der Waals surface area contributed by atoms with Crippen molar-refractivity contribution in [2.24, 2.45) is 0 Å². The van der Waals surface area contributed by atoms with Crippen LogP contribution in [0, 0.1) is 6.92 Å². The molecule has 0 bridgehead atoms. The van der Waals surface area contributed by atoms with Crippen molar-refractivity contribution >= 4 is 32.6 Å². The van der Waals surface area contributed by atoms with Gasteiger partial charge in [-0.25, -0.2) is 13.4 Å². The van der Waals surface area contributed by atoms with Crippen molar-refractivity contribution in [2.45, 2.75) is 53.9 Å². The molecule has 0 amide bonds. The van der Waals surface area contributed by atoms with Crippen molar-refractivity contribution in [3.8, 4) is 17.1 Å². The summed E-state index contributed by atoms with van der Waals surface area (Å²) in [6.45, 7) is 6.42. The van der Waals surface area contributed by atoms with Crippen molar-refractivity contribution in [1.29, 1.82) is 0 Å². The van der Waals surface area contributed by atoms with Crippen molar-refractivity contribution in [1.82, 2.24) is 9.97 Å². The highest BCUT2D eigenvalue weighted by molar-refractivity contribution is 8.00. The minimum Gasteiger partial charge on any atom is -0.507 e. The van der Waals surface area contributed by atoms with E-state index in [9.17, 15) is 39.9 Å². The first-order chi connectivity index (χ1) is 14.8. The lowest BCUT2D eigenvalue weighted by molar-refractivity contribution is -0.0436. The highest BCUT2D eigenvalue weighted by atomic mass is 32.2. The zero-order valence-electron chi connectivity index (χ0n) is 17.6. The fraction of sp³-hybridized carbons (Fsp3) is 0.350. The third kappa shape index (κ3) is 4.79. The number of nitrogens with zero attached hydrogens (tertiary/aromatic N) is 1. The van der Waals surface area contributed by atoms with Crippen molar-refractivity contribution in [3.63, 3.8) is 0 Å². The van der Waals surface area contributed by atoms with Gasteiger partial charge in [0, 0.05) is 10.5 Å². The van der Waals surface area contributed by atoms with E-state index in [1.807, 2.05) is 0 Å². The number of fused-ring (bicyclic) bond motifs is 1. The first-order valence-electron chi connectivity index (χ1n) is 9.27. The normalized spacial score (nSPS) is 13.6. The maximum atomic E-state index is 13.1. The molecule has 3 rings (SSSR count). The second-order valence-electron chi connectivity index (χ2n) is 8.28. The molecule has 0 aliphatic heterocycles. The standard InChI is InChI=1S/C20H18F6N2O3S2/c1-9-14(32-19(21,22)23)8-11(18(2,3)4)16(29)15(9)17-27-12-6-5-10(7-13(12)28-17)33(30,31)20(24,25)26/h5-8,29H,1-4H3,(H,27,28). The van der Waals surface area contributed by atoms with E-state index in [-0.39, 0.29) is 56.0 Å². The van der Waals surface area contributed by atoms with Crippen LogP contribution in [0.15, 0.2) is 34.1 Å². The molecule has 0 spiro atoms. The zero-order chi connectivity index (χ0) is 25.1. The lowest BCUT2D eigenvalue weighted by Crippen LogP contribution is -2.23. The van der Waals surface area contributed by atoms with Crippen molar-refractivity contribution < 1.29 is 39.9 Å². The summed E-state index contributed by atoms with van der Waals surface area (Å²) in [5.41, 5.74) is -10.7. The Bertz CT molecular complexity index is 1340. The second-order valence-corrected chi connectivity index (χ2v) is 11.3. The third-order valence-corrected chi connectivity index (χ3v) is 7.21. The summed E-state index contributed by atoms with van der Waals surface area (Å²) in [7, 11) is -5.62. The van der Waals surface area contributed by atoms with E-state index in [1.54, 1.807) is 20.8 Å². The van der Waals surface area contributed by atoms with Crippen LogP contribution in [-0.4, -0.2) is 34.5 Å². The fourth-order valence-corrected chi connectivity index (χ4v) is 4.70. The maximum Gasteiger partial charge on any atom is 0.501 e. The van der Waals surface area contributed by atoms with Crippen molar-refractivity contribution in [2.75, 3.05) is 0 Å². The Morgan fingerprint density at radius 2 is 1.64 bits per heavy atom. The number of phenols is 1. The number of halogens is 6. The molecule has 0 aliphatic rings. The average molecular weight is 512 g/mol. The lowest BCUT2D eigenvalue weighted by atomic mass is 9.84. The van der Waals surface area contributed by atoms with Gasteiger partial charge < -0.3 is 10.1 Å². The van der Waals surface area contributed by atoms with Gasteiger partial charge in [-0.15, -0.1) is 0 Å². The van der Waals surface area contributed by atoms with Gasteiger partial charge in [0.25, 0.3) is 9.84 Å². The molecule has 180 valence electrons. The number of thioether (sulfide) groups is 1. The van der Waals surface area contributed by atoms with E-state index in [2.05, 4.69) is 9.97 Å². The van der Waals surface area contributed by atoms with Crippen LogP contribution < -0.4 is 0 Å². The number of aromatic amines is 1. The molecule has 0 saturated carbocycles. The molecule has 0 fully saturated rings. The Balaban J connectivity index is 2.27. The van der Waals surface area contributed by atoms with Gasteiger partial charge in [0.1, 0.15) is 11.6 Å². The lowest BCUT2D eigenvalue weighted by Gasteiger charge is -2.24. The molecule has 1 heterocycles. The minimum atomic E-state index is -5.62. The highest BCUT2D eigenvalue weighted by Gasteiger charge is 2.47. The zero-order valence-corrected chi connectivity index (χ0v) is 19.2. The van der Waals surface area contributed by atoms with Gasteiger partial charge >= 0.3 is 11.0 Å². The van der Waals surface area contributed by atoms with Gasteiger partial charge in [-0.05, 0) is 53.9 Å². The van der Waals surface area contributed by atoms with Gasteiger partial charge in [-0.2, -0.15) is 26.3 Å². The smallest absolute Gasteiger partial charge is 0.501 e. The van der Waals surface area contributed by atoms with E-state index in [0.717, 1.165) is 12.1 Å². The van der Waals surface area contributed by atoms with Crippen LogP contribution in [0.4, 0.5) is 26.3 Å². The number of aromatic hydroxyl groups is 1. The molecular formula is C20H18F6N2O3S2. The third-order valence-electron chi connectivity index (χ3n) is 4.85. The summed E-state index contributed by atoms with van der Waals surface area (Å²) < 4.78 is 101. The summed E-state index contributed by atoms with van der Waals surface area (Å²) >= 11 is -0.366. The Labute approximate surface area is 189 Å². The number of aromatic nitrogens is 2. The molecule has 13 heteroatoms. The van der Waals surface area contributed by atoms with Gasteiger partial charge in [-0.3, -0.25) is 0 Å². The predicted molar refractivity (Wildman–Crippen MR) is 112 cm³/mol. The minimum absolute atomic E-state index is 0.0463. The summed E-state index contributed by atoms with van der Waals surface area (Å²) in [6, 6.07) is 3.76. The molecule has 1 aromatic heterocycles. The number of sulfone groups is 1. The molecule has 0 saturated heterocycles. The Morgan fingerprint density at radius 3 is 2.15 bits per heavy atom. The van der Waals surface area contributed by atoms with E-state index in [0.29, 0.717) is 6.07 Å². The molecule has 0 aliphatic carbocycles. The molecule has 2 aromatic carbocycles. The largest absolute Gasteiger partial charge is 0.507 e. The molecule has 0 atom stereocenters. The van der Waals surface area contributed by atoms with Gasteiger partial charge in [0.2, 0.25) is 0 Å². The van der Waals surface area contributed by atoms with Crippen LogP contribution in [0.2, 0.25) is 0 Å². The second kappa shape index (κ2) is 7.83. The monoisotopic (exact) mass is 512 g/mol. The quantitative estimate of drug-likeness (QED) is 0.312. The van der Waals surface area contributed by atoms with E-state index in [1.165, 1.54) is 13.0 Å². The van der Waals surface area contributed by atoms with E-state index in [4.69, 9.17) is 0 Å². The number of H-pyrrole nitrogens is 1. The molecule has 0 unspecified atom stereocenters. The fourth-order valence-electron chi connectivity index (χ4n) is 3.24. The summed E-state index contributed by atoms with van der Waals surface area (Å²) in [4.78, 5) is 5.62. The molecule has 3 aromatic rings. The number of nitrogens with one attached hydrogen (secondary N) is 1. The molecule has 2 N–H and O–H groups in total. The summed E-state index contributed by atoms with van der Waals surface area (Å²) in [6.07, 6.45) is 0. The topological polar surface area (TPSA) is 83.1 Å². The van der Waals surface area contributed by atoms with Gasteiger partial charge in [0.05, 0.1) is 21.5 Å². The molecule has 0 radical (unpaired) electrons. The Hall–Kier alpha value is -2.41. The van der Waals surface area contributed by atoms with Crippen LogP contribution in [0.5, 0.6) is 5.75 Å². The predicted octanol–water partition coefficient (Wildman–Crippen LogP) is 6.45. The Kier molecular flexibility index (Phi) is 5.98. The van der Waals surface area contributed by atoms with Crippen molar-refractivity contribution in [3.05, 3.63) is 35.4 Å². The summed E-state index contributed by atoms with van der Waals surface area (Å²) in [5.74, 6) is -0.453. The Morgan fingerprint density at radius 1 is 1.03 bits per heavy atom. The number of imidazole rings is 1. The number of hydrogen-bond acceptors (Lipinski definition) is 5. The number of benzene rings is 2. The van der Waals surface area contributed by atoms with Crippen LogP contribution in [0.25, 0.3) is 22.4 Å². The van der Waals surface area contributed by atoms with Crippen LogP contribution in [-0.2, 0) is 15.3 Å². The van der Waals surface area contributed by atoms with Crippen LogP contribution >= 0.6 is 11.8 Å². The molecule has 33 heavy (non-hydrogen) atoms. The number of phenolic OH excluding ortho intramolecular Hbond substituents is 1. The number of alkyl halides is 6. The first-order valence-corrected chi connectivity index (χ1v) is 11.6. The SMILES string of the molecule is Cc1c(SC(F)(F)F)cc(C(C)(C)C)c(O)c1-c1nc2cc(S(=O)(=O)C(F)(F)F)ccc2[nH]1. The van der Waals surface area contributed by atoms with E-state index >= 15 is 0 Å². The molecular weight excluding hydrogens is 494 g/mol. The number of rotatable bonds is 3. The van der Waals surface area contributed by atoms with Crippen LogP contribution in [0.3, 0.4) is 0 Å². The maximum absolute atomic E-state index is 13.1. The van der Waals surface area contributed by atoms with Gasteiger partial charge in [-0.1, -0.05) is 20.8 Å². The average Bonchev–Trinajstić information content (AvgIpc) is 3.03. The van der Waals surface area contributed by atoms with E-state index < -0.39 is 31.2 Å². The summed E-state index contributed by atoms with van der Waals surface area (Å²) in [5, 5.41) is 10.9. The highest BCUT2D eigenvalue weighted by Crippen LogP contribution is 2.47. The van der Waals surface area contributed by atoms with Gasteiger partial charge in [0.15, 0.2) is 0 Å².